The molecule has 0 aliphatic heterocycles. The van der Waals surface area contributed by atoms with E-state index in [1.165, 1.54) is 13.1 Å². The first-order valence-corrected chi connectivity index (χ1v) is 5.39. The van der Waals surface area contributed by atoms with Gasteiger partial charge in [0.2, 0.25) is 0 Å². The summed E-state index contributed by atoms with van der Waals surface area (Å²) >= 11 is 0. The molecule has 13 heavy (non-hydrogen) atoms. The van der Waals surface area contributed by atoms with Crippen LogP contribution >= 0.6 is 0 Å². The van der Waals surface area contributed by atoms with E-state index in [1.807, 2.05) is 0 Å². The molecule has 0 aliphatic rings. The Bertz CT molecular complexity index is 95.5. The molecule has 0 saturated heterocycles. The van der Waals surface area contributed by atoms with Gasteiger partial charge in [-0.15, -0.1) is 0 Å². The molecule has 2 heteroatoms. The highest BCUT2D eigenvalue weighted by atomic mass is 15.1. The summed E-state index contributed by atoms with van der Waals surface area (Å²) in [6, 6.07) is 0.289. The predicted octanol–water partition coefficient (Wildman–Crippen LogP) is 1.95. The minimum absolute atomic E-state index is 0.289. The summed E-state index contributed by atoms with van der Waals surface area (Å²) in [7, 11) is 0. The Balaban J connectivity index is 3.87. The zero-order valence-corrected chi connectivity index (χ0v) is 9.88. The van der Waals surface area contributed by atoms with E-state index in [9.17, 15) is 0 Å². The molecule has 0 saturated carbocycles. The van der Waals surface area contributed by atoms with Crippen LogP contribution in [0.15, 0.2) is 0 Å². The van der Waals surface area contributed by atoms with Gasteiger partial charge in [-0.1, -0.05) is 27.7 Å². The minimum Gasteiger partial charge on any atom is -0.327 e. The van der Waals surface area contributed by atoms with Crippen molar-refractivity contribution in [2.45, 2.75) is 40.7 Å². The highest BCUT2D eigenvalue weighted by Gasteiger charge is 2.10. The lowest BCUT2D eigenvalue weighted by Crippen LogP contribution is -2.39. The Labute approximate surface area is 83.5 Å². The van der Waals surface area contributed by atoms with Crippen LogP contribution in [0, 0.1) is 11.8 Å². The van der Waals surface area contributed by atoms with Gasteiger partial charge < -0.3 is 10.6 Å². The van der Waals surface area contributed by atoms with E-state index in [0.29, 0.717) is 0 Å². The van der Waals surface area contributed by atoms with Crippen molar-refractivity contribution in [1.29, 1.82) is 0 Å². The molecule has 0 amide bonds. The van der Waals surface area contributed by atoms with Crippen molar-refractivity contribution in [1.82, 2.24) is 4.90 Å². The van der Waals surface area contributed by atoms with Crippen LogP contribution in [0.2, 0.25) is 0 Å². The van der Waals surface area contributed by atoms with Gasteiger partial charge in [-0.2, -0.15) is 0 Å². The molecule has 0 aromatic carbocycles. The third-order valence-corrected chi connectivity index (χ3v) is 1.79. The van der Waals surface area contributed by atoms with Crippen LogP contribution in [0.3, 0.4) is 0 Å². The van der Waals surface area contributed by atoms with E-state index in [0.717, 1.165) is 18.4 Å². The van der Waals surface area contributed by atoms with Gasteiger partial charge in [0.25, 0.3) is 0 Å². The quantitative estimate of drug-likeness (QED) is 0.687. The lowest BCUT2D eigenvalue weighted by atomic mass is 10.1. The molecule has 2 N–H and O–H groups in total. The Kier molecular flexibility index (Phi) is 6.35. The largest absolute Gasteiger partial charge is 0.327 e. The first-order valence-electron chi connectivity index (χ1n) is 5.39. The molecular formula is C11H26N2. The van der Waals surface area contributed by atoms with Crippen LogP contribution in [0.5, 0.6) is 0 Å². The monoisotopic (exact) mass is 186 g/mol. The Morgan fingerprint density at radius 1 is 0.846 bits per heavy atom. The number of hydrogen-bond donors (Lipinski definition) is 1. The van der Waals surface area contributed by atoms with Gasteiger partial charge in [0.05, 0.1) is 0 Å². The fraction of sp³-hybridized carbons (Fsp3) is 1.00. The molecular weight excluding hydrogens is 160 g/mol. The lowest BCUT2D eigenvalue weighted by molar-refractivity contribution is 0.210. The molecule has 0 radical (unpaired) electrons. The summed E-state index contributed by atoms with van der Waals surface area (Å²) in [5.41, 5.74) is 5.80. The van der Waals surface area contributed by atoms with Crippen LogP contribution in [0.4, 0.5) is 0 Å². The lowest BCUT2D eigenvalue weighted by Gasteiger charge is -2.27. The normalized spacial score (nSPS) is 14.5. The molecule has 0 rings (SSSR count). The van der Waals surface area contributed by atoms with Crippen LogP contribution < -0.4 is 5.73 Å². The highest BCUT2D eigenvalue weighted by molar-refractivity contribution is 4.67. The van der Waals surface area contributed by atoms with Crippen molar-refractivity contribution in [2.24, 2.45) is 17.6 Å². The number of rotatable bonds is 6. The van der Waals surface area contributed by atoms with Crippen molar-refractivity contribution in [3.05, 3.63) is 0 Å². The molecule has 0 aromatic rings. The van der Waals surface area contributed by atoms with Gasteiger partial charge in [0.15, 0.2) is 0 Å². The minimum atomic E-state index is 0.289. The number of hydrogen-bond acceptors (Lipinski definition) is 2. The topological polar surface area (TPSA) is 29.3 Å². The van der Waals surface area contributed by atoms with Gasteiger partial charge in [0.1, 0.15) is 0 Å². The molecule has 0 heterocycles. The highest BCUT2D eigenvalue weighted by Crippen LogP contribution is 2.03. The van der Waals surface area contributed by atoms with E-state index in [1.54, 1.807) is 0 Å². The van der Waals surface area contributed by atoms with Gasteiger partial charge in [-0.3, -0.25) is 0 Å². The van der Waals surface area contributed by atoms with Crippen LogP contribution in [-0.2, 0) is 0 Å². The third kappa shape index (κ3) is 8.26. The first-order chi connectivity index (χ1) is 5.91. The smallest absolute Gasteiger partial charge is 0.0139 e. The average molecular weight is 186 g/mol. The molecule has 0 unspecified atom stereocenters. The average Bonchev–Trinajstić information content (AvgIpc) is 1.80. The van der Waals surface area contributed by atoms with Crippen molar-refractivity contribution in [3.63, 3.8) is 0 Å². The van der Waals surface area contributed by atoms with Gasteiger partial charge in [-0.05, 0) is 18.8 Å². The molecule has 1 atom stereocenters. The molecule has 0 bridgehead atoms. The van der Waals surface area contributed by atoms with Crippen LogP contribution in [-0.4, -0.2) is 30.6 Å². The number of nitrogens with zero attached hydrogens (tertiary/aromatic N) is 1. The van der Waals surface area contributed by atoms with Gasteiger partial charge >= 0.3 is 0 Å². The molecule has 0 aliphatic carbocycles. The Morgan fingerprint density at radius 2 is 1.23 bits per heavy atom. The maximum absolute atomic E-state index is 5.80. The molecule has 0 aromatic heterocycles. The second-order valence-electron chi connectivity index (χ2n) is 4.98. The van der Waals surface area contributed by atoms with E-state index in [2.05, 4.69) is 39.5 Å². The zero-order valence-electron chi connectivity index (χ0n) is 9.88. The maximum atomic E-state index is 5.80. The second kappa shape index (κ2) is 6.39. The molecule has 0 fully saturated rings. The van der Waals surface area contributed by atoms with Crippen molar-refractivity contribution in [3.8, 4) is 0 Å². The SMILES string of the molecule is CC(C)CN(CC(C)C)C[C@@H](C)N. The summed E-state index contributed by atoms with van der Waals surface area (Å²) in [6.45, 7) is 14.5. The third-order valence-electron chi connectivity index (χ3n) is 1.79. The summed E-state index contributed by atoms with van der Waals surface area (Å²) in [5, 5.41) is 0. The van der Waals surface area contributed by atoms with Gasteiger partial charge in [0, 0.05) is 25.7 Å². The van der Waals surface area contributed by atoms with Gasteiger partial charge in [-0.25, -0.2) is 0 Å². The van der Waals surface area contributed by atoms with E-state index >= 15 is 0 Å². The van der Waals surface area contributed by atoms with Crippen molar-refractivity contribution >= 4 is 0 Å². The maximum Gasteiger partial charge on any atom is 0.0139 e. The molecule has 80 valence electrons. The number of nitrogens with two attached hydrogens (primary N) is 1. The fourth-order valence-corrected chi connectivity index (χ4v) is 1.66. The van der Waals surface area contributed by atoms with E-state index < -0.39 is 0 Å². The van der Waals surface area contributed by atoms with E-state index in [-0.39, 0.29) is 6.04 Å². The summed E-state index contributed by atoms with van der Waals surface area (Å²) in [6.07, 6.45) is 0. The molecule has 0 spiro atoms. The second-order valence-corrected chi connectivity index (χ2v) is 4.98. The predicted molar refractivity (Wildman–Crippen MR) is 59.8 cm³/mol. The zero-order chi connectivity index (χ0) is 10.4. The standard InChI is InChI=1S/C11H26N2/c1-9(2)6-13(7-10(3)4)8-11(5)12/h9-11H,6-8,12H2,1-5H3/t11-/m1/s1. The van der Waals surface area contributed by atoms with Crippen LogP contribution in [0.25, 0.3) is 0 Å². The molecule has 2 nitrogen and oxygen atoms in total. The van der Waals surface area contributed by atoms with Crippen molar-refractivity contribution in [2.75, 3.05) is 19.6 Å². The first kappa shape index (κ1) is 12.9. The van der Waals surface area contributed by atoms with Crippen LogP contribution in [0.1, 0.15) is 34.6 Å². The summed E-state index contributed by atoms with van der Waals surface area (Å²) < 4.78 is 0. The Morgan fingerprint density at radius 3 is 1.46 bits per heavy atom. The fourth-order valence-electron chi connectivity index (χ4n) is 1.66. The Hall–Kier alpha value is -0.0800. The van der Waals surface area contributed by atoms with E-state index in [4.69, 9.17) is 5.73 Å². The summed E-state index contributed by atoms with van der Waals surface area (Å²) in [4.78, 5) is 2.47. The summed E-state index contributed by atoms with van der Waals surface area (Å²) in [5.74, 6) is 1.47. The van der Waals surface area contributed by atoms with Crippen molar-refractivity contribution < 1.29 is 0 Å².